The van der Waals surface area contributed by atoms with Gasteiger partial charge < -0.3 is 4.74 Å². The van der Waals surface area contributed by atoms with E-state index in [0.29, 0.717) is 11.3 Å². The Morgan fingerprint density at radius 1 is 1.39 bits per heavy atom. The fourth-order valence-electron chi connectivity index (χ4n) is 2.66. The second-order valence-corrected chi connectivity index (χ2v) is 4.72. The molecule has 18 heavy (non-hydrogen) atoms. The molecule has 0 spiro atoms. The van der Waals surface area contributed by atoms with Crippen molar-refractivity contribution in [2.45, 2.75) is 32.6 Å². The van der Waals surface area contributed by atoms with Gasteiger partial charge in [0, 0.05) is 5.92 Å². The summed E-state index contributed by atoms with van der Waals surface area (Å²) in [6.45, 7) is 2.16. The summed E-state index contributed by atoms with van der Waals surface area (Å²) in [5.41, 5.74) is 2.03. The maximum Gasteiger partial charge on any atom is 0.173 e. The number of ether oxygens (including phenoxy) is 1. The van der Waals surface area contributed by atoms with Gasteiger partial charge in [0.05, 0.1) is 12.7 Å². The average molecular weight is 244 g/mol. The molecule has 0 heterocycles. The minimum atomic E-state index is 0.0706. The molecule has 0 saturated carbocycles. The lowest BCUT2D eigenvalue weighted by atomic mass is 9.89. The Balaban J connectivity index is 2.23. The highest BCUT2D eigenvalue weighted by molar-refractivity contribution is 6.02. The summed E-state index contributed by atoms with van der Waals surface area (Å²) in [5.74, 6) is 0.969. The standard InChI is InChI=1S/C16H20O2/c1-3-7-12-8-6-10-13(12)16(17)14-9-4-5-11-15(14)18-2/h4-5,8-9,11,13H,3,6-7,10H2,1-2H3/t13-/m0/s1. The van der Waals surface area contributed by atoms with Gasteiger partial charge in [0.15, 0.2) is 5.78 Å². The molecule has 0 saturated heterocycles. The quantitative estimate of drug-likeness (QED) is 0.577. The van der Waals surface area contributed by atoms with Crippen LogP contribution in [0.3, 0.4) is 0 Å². The molecule has 1 aromatic rings. The number of carbonyl (C=O) groups is 1. The van der Waals surface area contributed by atoms with Crippen LogP contribution in [0.15, 0.2) is 35.9 Å². The van der Waals surface area contributed by atoms with Crippen LogP contribution in [0, 0.1) is 5.92 Å². The highest BCUT2D eigenvalue weighted by Crippen LogP contribution is 2.34. The van der Waals surface area contributed by atoms with Crippen molar-refractivity contribution in [2.75, 3.05) is 7.11 Å². The van der Waals surface area contributed by atoms with Gasteiger partial charge in [-0.2, -0.15) is 0 Å². The predicted octanol–water partition coefficient (Wildman–Crippen LogP) is 4.01. The summed E-state index contributed by atoms with van der Waals surface area (Å²) in [5, 5.41) is 0. The average Bonchev–Trinajstić information content (AvgIpc) is 2.86. The summed E-state index contributed by atoms with van der Waals surface area (Å²) in [7, 11) is 1.61. The molecule has 96 valence electrons. The second kappa shape index (κ2) is 5.85. The smallest absolute Gasteiger partial charge is 0.173 e. The van der Waals surface area contributed by atoms with Gasteiger partial charge in [0.25, 0.3) is 0 Å². The number of carbonyl (C=O) groups excluding carboxylic acids is 1. The molecule has 0 fully saturated rings. The molecule has 1 aliphatic carbocycles. The first-order valence-corrected chi connectivity index (χ1v) is 6.64. The van der Waals surface area contributed by atoms with E-state index in [2.05, 4.69) is 13.0 Å². The summed E-state index contributed by atoms with van der Waals surface area (Å²) in [6, 6.07) is 7.51. The Hall–Kier alpha value is -1.57. The molecule has 0 bridgehead atoms. The molecule has 2 heteroatoms. The topological polar surface area (TPSA) is 26.3 Å². The number of methoxy groups -OCH3 is 1. The van der Waals surface area contributed by atoms with Crippen molar-refractivity contribution >= 4 is 5.78 Å². The number of hydrogen-bond acceptors (Lipinski definition) is 2. The zero-order valence-corrected chi connectivity index (χ0v) is 11.1. The predicted molar refractivity (Wildman–Crippen MR) is 73.0 cm³/mol. The Morgan fingerprint density at radius 3 is 2.89 bits per heavy atom. The number of rotatable bonds is 5. The van der Waals surface area contributed by atoms with Crippen LogP contribution in [0.25, 0.3) is 0 Å². The van der Waals surface area contributed by atoms with E-state index in [9.17, 15) is 4.79 Å². The van der Waals surface area contributed by atoms with Crippen molar-refractivity contribution in [3.05, 3.63) is 41.5 Å². The molecule has 1 aromatic carbocycles. The molecule has 0 aliphatic heterocycles. The van der Waals surface area contributed by atoms with Crippen molar-refractivity contribution in [3.63, 3.8) is 0 Å². The Labute approximate surface area is 109 Å². The van der Waals surface area contributed by atoms with E-state index in [4.69, 9.17) is 4.74 Å². The van der Waals surface area contributed by atoms with E-state index < -0.39 is 0 Å². The number of Topliss-reactive ketones (excluding diaryl/α,β-unsaturated/α-hetero) is 1. The van der Waals surface area contributed by atoms with Crippen LogP contribution in [0.2, 0.25) is 0 Å². The molecule has 2 rings (SSSR count). The van der Waals surface area contributed by atoms with E-state index in [1.807, 2.05) is 24.3 Å². The zero-order chi connectivity index (χ0) is 13.0. The van der Waals surface area contributed by atoms with Crippen LogP contribution >= 0.6 is 0 Å². The van der Waals surface area contributed by atoms with Crippen molar-refractivity contribution < 1.29 is 9.53 Å². The fraction of sp³-hybridized carbons (Fsp3) is 0.438. The molecule has 0 aromatic heterocycles. The summed E-state index contributed by atoms with van der Waals surface area (Å²) >= 11 is 0. The maximum absolute atomic E-state index is 12.6. The SMILES string of the molecule is CCCC1=CCC[C@@H]1C(=O)c1ccccc1OC. The summed E-state index contributed by atoms with van der Waals surface area (Å²) < 4.78 is 5.28. The minimum Gasteiger partial charge on any atom is -0.496 e. The zero-order valence-electron chi connectivity index (χ0n) is 11.1. The molecule has 0 N–H and O–H groups in total. The molecule has 2 nitrogen and oxygen atoms in total. The van der Waals surface area contributed by atoms with Crippen molar-refractivity contribution in [1.82, 2.24) is 0 Å². The van der Waals surface area contributed by atoms with Crippen molar-refractivity contribution in [2.24, 2.45) is 5.92 Å². The highest BCUT2D eigenvalue weighted by atomic mass is 16.5. The van der Waals surface area contributed by atoms with Crippen LogP contribution in [-0.4, -0.2) is 12.9 Å². The molecule has 1 aliphatic rings. The van der Waals surface area contributed by atoms with Crippen LogP contribution in [-0.2, 0) is 0 Å². The number of benzene rings is 1. The highest BCUT2D eigenvalue weighted by Gasteiger charge is 2.28. The number of hydrogen-bond donors (Lipinski definition) is 0. The maximum atomic E-state index is 12.6. The van der Waals surface area contributed by atoms with E-state index in [0.717, 1.165) is 25.7 Å². The van der Waals surface area contributed by atoms with Gasteiger partial charge in [0.2, 0.25) is 0 Å². The molecule has 0 radical (unpaired) electrons. The van der Waals surface area contributed by atoms with E-state index in [-0.39, 0.29) is 11.7 Å². The van der Waals surface area contributed by atoms with Gasteiger partial charge in [-0.05, 0) is 31.4 Å². The second-order valence-electron chi connectivity index (χ2n) is 4.72. The van der Waals surface area contributed by atoms with Crippen molar-refractivity contribution in [3.8, 4) is 5.75 Å². The molecule has 0 unspecified atom stereocenters. The molecule has 0 amide bonds. The number of ketones is 1. The van der Waals surface area contributed by atoms with Gasteiger partial charge in [-0.3, -0.25) is 4.79 Å². The molecular weight excluding hydrogens is 224 g/mol. The lowest BCUT2D eigenvalue weighted by Gasteiger charge is -2.15. The first kappa shape index (κ1) is 12.9. The van der Waals surface area contributed by atoms with Gasteiger partial charge in [-0.15, -0.1) is 0 Å². The van der Waals surface area contributed by atoms with Crippen LogP contribution in [0.4, 0.5) is 0 Å². The monoisotopic (exact) mass is 244 g/mol. The van der Waals surface area contributed by atoms with E-state index in [1.54, 1.807) is 7.11 Å². The third-order valence-corrected chi connectivity index (χ3v) is 3.54. The Morgan fingerprint density at radius 2 is 2.17 bits per heavy atom. The Bertz CT molecular complexity index is 460. The summed E-state index contributed by atoms with van der Waals surface area (Å²) in [4.78, 5) is 12.6. The normalized spacial score (nSPS) is 18.6. The largest absolute Gasteiger partial charge is 0.496 e. The van der Waals surface area contributed by atoms with Gasteiger partial charge in [-0.25, -0.2) is 0 Å². The van der Waals surface area contributed by atoms with Crippen LogP contribution < -0.4 is 4.74 Å². The summed E-state index contributed by atoms with van der Waals surface area (Å²) in [6.07, 6.45) is 6.35. The van der Waals surface area contributed by atoms with E-state index in [1.165, 1.54) is 5.57 Å². The van der Waals surface area contributed by atoms with Gasteiger partial charge >= 0.3 is 0 Å². The van der Waals surface area contributed by atoms with Gasteiger partial charge in [0.1, 0.15) is 5.75 Å². The van der Waals surface area contributed by atoms with Crippen LogP contribution in [0.5, 0.6) is 5.75 Å². The first-order valence-electron chi connectivity index (χ1n) is 6.64. The third-order valence-electron chi connectivity index (χ3n) is 3.54. The van der Waals surface area contributed by atoms with Crippen LogP contribution in [0.1, 0.15) is 43.0 Å². The number of allylic oxidation sites excluding steroid dienone is 2. The first-order chi connectivity index (χ1) is 8.77. The lowest BCUT2D eigenvalue weighted by molar-refractivity contribution is 0.0934. The minimum absolute atomic E-state index is 0.0706. The van der Waals surface area contributed by atoms with Gasteiger partial charge in [-0.1, -0.05) is 37.1 Å². The third kappa shape index (κ3) is 2.47. The lowest BCUT2D eigenvalue weighted by Crippen LogP contribution is -2.15. The van der Waals surface area contributed by atoms with E-state index >= 15 is 0 Å². The number of para-hydroxylation sites is 1. The van der Waals surface area contributed by atoms with Crippen molar-refractivity contribution in [1.29, 1.82) is 0 Å². The molecular formula is C16H20O2. The fourth-order valence-corrected chi connectivity index (χ4v) is 2.66. The molecule has 1 atom stereocenters. The Kier molecular flexibility index (Phi) is 4.19.